The highest BCUT2D eigenvalue weighted by molar-refractivity contribution is 6.42. The van der Waals surface area contributed by atoms with E-state index in [0.29, 0.717) is 22.2 Å². The van der Waals surface area contributed by atoms with Crippen molar-refractivity contribution in [2.75, 3.05) is 0 Å². The zero-order chi connectivity index (χ0) is 16.4. The molecule has 0 atom stereocenters. The van der Waals surface area contributed by atoms with E-state index >= 15 is 0 Å². The first-order valence-corrected chi connectivity index (χ1v) is 7.47. The number of carboxylic acid groups (broad SMARTS) is 1. The first-order chi connectivity index (χ1) is 11.0. The molecule has 0 amide bonds. The van der Waals surface area contributed by atoms with Gasteiger partial charge in [-0.1, -0.05) is 53.5 Å². The number of nitrogens with one attached hydrogen (secondary N) is 1. The molecule has 0 saturated heterocycles. The van der Waals surface area contributed by atoms with Crippen LogP contribution in [0.2, 0.25) is 10.0 Å². The number of benzene rings is 2. The second-order valence-electron chi connectivity index (χ2n) is 4.93. The summed E-state index contributed by atoms with van der Waals surface area (Å²) in [5.74, 6) is -1.10. The summed E-state index contributed by atoms with van der Waals surface area (Å²) in [6.45, 7) is 0. The maximum Gasteiger partial charge on any atom is 0.358 e. The lowest BCUT2D eigenvalue weighted by Crippen LogP contribution is -2.02. The van der Waals surface area contributed by atoms with Gasteiger partial charge in [0.05, 0.1) is 10.0 Å². The third-order valence-corrected chi connectivity index (χ3v) is 4.11. The minimum absolute atomic E-state index is 0.0649. The molecule has 23 heavy (non-hydrogen) atoms. The highest BCUT2D eigenvalue weighted by Crippen LogP contribution is 2.29. The van der Waals surface area contributed by atoms with Crippen LogP contribution in [0.4, 0.5) is 0 Å². The number of H-pyrrole nitrogens is 1. The van der Waals surface area contributed by atoms with Crippen LogP contribution in [0.3, 0.4) is 0 Å². The van der Waals surface area contributed by atoms with Crippen molar-refractivity contribution in [1.82, 2.24) is 15.4 Å². The number of hydrogen-bond acceptors (Lipinski definition) is 3. The summed E-state index contributed by atoms with van der Waals surface area (Å²) in [6.07, 6.45) is 0.368. The molecule has 3 aromatic rings. The van der Waals surface area contributed by atoms with E-state index in [2.05, 4.69) is 15.4 Å². The van der Waals surface area contributed by atoms with Crippen molar-refractivity contribution in [3.63, 3.8) is 0 Å². The van der Waals surface area contributed by atoms with E-state index in [0.717, 1.165) is 16.7 Å². The van der Waals surface area contributed by atoms with Gasteiger partial charge in [0, 0.05) is 6.42 Å². The van der Waals surface area contributed by atoms with Crippen molar-refractivity contribution in [3.05, 3.63) is 69.5 Å². The molecule has 0 fully saturated rings. The van der Waals surface area contributed by atoms with Crippen LogP contribution in [0.15, 0.2) is 42.5 Å². The molecule has 116 valence electrons. The second-order valence-corrected chi connectivity index (χ2v) is 5.74. The zero-order valence-electron chi connectivity index (χ0n) is 11.8. The number of halogens is 2. The first kappa shape index (κ1) is 15.5. The average molecular weight is 348 g/mol. The average Bonchev–Trinajstić information content (AvgIpc) is 2.98. The lowest BCUT2D eigenvalue weighted by molar-refractivity contribution is 0.0689. The number of rotatable bonds is 4. The van der Waals surface area contributed by atoms with Gasteiger partial charge in [-0.25, -0.2) is 4.79 Å². The predicted octanol–water partition coefficient (Wildman–Crippen LogP) is 4.07. The standard InChI is InChI=1S/C16H11Cl2N3O2/c17-12-5-4-11(8-13(12)18)10-3-1-2-9(6-10)7-14-15(16(22)23)20-21-19-14/h1-6,8H,7H2,(H,22,23)(H,19,20,21). The molecule has 7 heteroatoms. The van der Waals surface area contributed by atoms with Gasteiger partial charge in [-0.3, -0.25) is 0 Å². The van der Waals surface area contributed by atoms with Gasteiger partial charge >= 0.3 is 5.97 Å². The number of carbonyl (C=O) groups is 1. The van der Waals surface area contributed by atoms with Crippen LogP contribution in [0.5, 0.6) is 0 Å². The van der Waals surface area contributed by atoms with Crippen LogP contribution in [0, 0.1) is 0 Å². The lowest BCUT2D eigenvalue weighted by atomic mass is 10.0. The Kier molecular flexibility index (Phi) is 4.32. The number of carboxylic acids is 1. The van der Waals surface area contributed by atoms with Crippen LogP contribution in [0.25, 0.3) is 11.1 Å². The van der Waals surface area contributed by atoms with Crippen LogP contribution < -0.4 is 0 Å². The van der Waals surface area contributed by atoms with Crippen molar-refractivity contribution in [3.8, 4) is 11.1 Å². The molecule has 0 aliphatic heterocycles. The van der Waals surface area contributed by atoms with Gasteiger partial charge in [0.2, 0.25) is 0 Å². The Bertz CT molecular complexity index is 877. The van der Waals surface area contributed by atoms with E-state index in [1.165, 1.54) is 0 Å². The van der Waals surface area contributed by atoms with Crippen LogP contribution in [0.1, 0.15) is 21.7 Å². The maximum absolute atomic E-state index is 11.1. The van der Waals surface area contributed by atoms with Gasteiger partial charge in [0.15, 0.2) is 5.69 Å². The van der Waals surface area contributed by atoms with Gasteiger partial charge < -0.3 is 5.11 Å². The Morgan fingerprint density at radius 1 is 1.04 bits per heavy atom. The molecule has 1 heterocycles. The summed E-state index contributed by atoms with van der Waals surface area (Å²) < 4.78 is 0. The van der Waals surface area contributed by atoms with E-state index < -0.39 is 5.97 Å². The van der Waals surface area contributed by atoms with E-state index in [-0.39, 0.29) is 5.69 Å². The molecule has 2 N–H and O–H groups in total. The van der Waals surface area contributed by atoms with Gasteiger partial charge in [-0.15, -0.1) is 5.10 Å². The van der Waals surface area contributed by atoms with Crippen LogP contribution >= 0.6 is 23.2 Å². The molecule has 2 aromatic carbocycles. The van der Waals surface area contributed by atoms with Crippen molar-refractivity contribution >= 4 is 29.2 Å². The molecule has 0 saturated carbocycles. The molecular weight excluding hydrogens is 337 g/mol. The third-order valence-electron chi connectivity index (χ3n) is 3.37. The first-order valence-electron chi connectivity index (χ1n) is 6.72. The monoisotopic (exact) mass is 347 g/mol. The molecule has 0 radical (unpaired) electrons. The fourth-order valence-electron chi connectivity index (χ4n) is 2.28. The summed E-state index contributed by atoms with van der Waals surface area (Å²) in [6, 6.07) is 13.1. The Balaban J connectivity index is 1.92. The number of aromatic nitrogens is 3. The van der Waals surface area contributed by atoms with Gasteiger partial charge in [0.1, 0.15) is 5.69 Å². The molecule has 0 aliphatic carbocycles. The van der Waals surface area contributed by atoms with Crippen molar-refractivity contribution in [2.24, 2.45) is 0 Å². The molecule has 1 aromatic heterocycles. The maximum atomic E-state index is 11.1. The molecule has 0 unspecified atom stereocenters. The smallest absolute Gasteiger partial charge is 0.358 e. The summed E-state index contributed by atoms with van der Waals surface area (Å²) in [7, 11) is 0. The normalized spacial score (nSPS) is 10.7. The van der Waals surface area contributed by atoms with Crippen LogP contribution in [-0.2, 0) is 6.42 Å². The van der Waals surface area contributed by atoms with E-state index in [1.807, 2.05) is 30.3 Å². The lowest BCUT2D eigenvalue weighted by Gasteiger charge is -2.06. The van der Waals surface area contributed by atoms with Crippen molar-refractivity contribution in [1.29, 1.82) is 0 Å². The quantitative estimate of drug-likeness (QED) is 0.745. The summed E-state index contributed by atoms with van der Waals surface area (Å²) in [5, 5.41) is 20.0. The van der Waals surface area contributed by atoms with E-state index in [4.69, 9.17) is 28.3 Å². The zero-order valence-corrected chi connectivity index (χ0v) is 13.3. The Labute approximate surface area is 141 Å². The summed E-state index contributed by atoms with van der Waals surface area (Å²) in [4.78, 5) is 11.1. The predicted molar refractivity (Wildman–Crippen MR) is 88.0 cm³/mol. The van der Waals surface area contributed by atoms with Crippen molar-refractivity contribution in [2.45, 2.75) is 6.42 Å². The Morgan fingerprint density at radius 3 is 2.57 bits per heavy atom. The number of hydrogen-bond donors (Lipinski definition) is 2. The molecular formula is C16H11Cl2N3O2. The minimum Gasteiger partial charge on any atom is -0.476 e. The molecule has 5 nitrogen and oxygen atoms in total. The number of aromatic amines is 1. The fourth-order valence-corrected chi connectivity index (χ4v) is 2.58. The van der Waals surface area contributed by atoms with E-state index in [1.54, 1.807) is 12.1 Å². The fraction of sp³-hybridized carbons (Fsp3) is 0.0625. The van der Waals surface area contributed by atoms with Gasteiger partial charge in [-0.2, -0.15) is 10.3 Å². The van der Waals surface area contributed by atoms with E-state index in [9.17, 15) is 4.79 Å². The SMILES string of the molecule is O=C(O)c1n[nH]nc1Cc1cccc(-c2ccc(Cl)c(Cl)c2)c1. The second kappa shape index (κ2) is 6.40. The highest BCUT2D eigenvalue weighted by atomic mass is 35.5. The highest BCUT2D eigenvalue weighted by Gasteiger charge is 2.15. The molecule has 3 rings (SSSR count). The largest absolute Gasteiger partial charge is 0.476 e. The Hall–Kier alpha value is -2.37. The minimum atomic E-state index is -1.10. The molecule has 0 bridgehead atoms. The topological polar surface area (TPSA) is 78.9 Å². The number of nitrogens with zero attached hydrogens (tertiary/aromatic N) is 2. The summed E-state index contributed by atoms with van der Waals surface area (Å²) in [5.41, 5.74) is 3.14. The third kappa shape index (κ3) is 3.36. The van der Waals surface area contributed by atoms with Gasteiger partial charge in [-0.05, 0) is 28.8 Å². The number of aromatic carboxylic acids is 1. The molecule has 0 aliphatic rings. The summed E-state index contributed by atoms with van der Waals surface area (Å²) >= 11 is 12.0. The van der Waals surface area contributed by atoms with Crippen molar-refractivity contribution < 1.29 is 9.90 Å². The van der Waals surface area contributed by atoms with Gasteiger partial charge in [0.25, 0.3) is 0 Å². The Morgan fingerprint density at radius 2 is 1.83 bits per heavy atom. The molecule has 0 spiro atoms. The van der Waals surface area contributed by atoms with Crippen LogP contribution in [-0.4, -0.2) is 26.5 Å².